The van der Waals surface area contributed by atoms with Gasteiger partial charge in [0.15, 0.2) is 12.4 Å². The van der Waals surface area contributed by atoms with Gasteiger partial charge in [-0.05, 0) is 19.1 Å². The Bertz CT molecular complexity index is 945. The molecule has 2 aromatic carbocycles. The summed E-state index contributed by atoms with van der Waals surface area (Å²) in [5.74, 6) is -1.48. The smallest absolute Gasteiger partial charge is 0.413 e. The highest BCUT2D eigenvalue weighted by molar-refractivity contribution is 5.94. The maximum atomic E-state index is 12.3. The van der Waals surface area contributed by atoms with Crippen molar-refractivity contribution in [1.82, 2.24) is 20.1 Å². The summed E-state index contributed by atoms with van der Waals surface area (Å²) >= 11 is 0. The summed E-state index contributed by atoms with van der Waals surface area (Å²) in [7, 11) is 0. The minimum absolute atomic E-state index is 0.113. The Hall–Kier alpha value is -4.01. The number of imide groups is 1. The zero-order valence-corrected chi connectivity index (χ0v) is 15.6. The van der Waals surface area contributed by atoms with Gasteiger partial charge in [-0.3, -0.25) is 10.1 Å². The molecule has 2 amide bonds. The summed E-state index contributed by atoms with van der Waals surface area (Å²) < 4.78 is 11.0. The van der Waals surface area contributed by atoms with Gasteiger partial charge in [-0.2, -0.15) is 0 Å². The molecule has 0 atom stereocenters. The van der Waals surface area contributed by atoms with E-state index in [0.717, 1.165) is 5.56 Å². The summed E-state index contributed by atoms with van der Waals surface area (Å²) in [5, 5.41) is 6.17. The minimum Gasteiger partial charge on any atom is -0.450 e. The van der Waals surface area contributed by atoms with Crippen molar-refractivity contribution in [3.8, 4) is 17.1 Å². The molecule has 0 aliphatic rings. The van der Waals surface area contributed by atoms with Crippen LogP contribution in [-0.4, -0.2) is 45.9 Å². The molecule has 0 saturated heterocycles. The lowest BCUT2D eigenvalue weighted by atomic mass is 10.2. The Morgan fingerprint density at radius 2 is 1.62 bits per heavy atom. The van der Waals surface area contributed by atoms with Crippen LogP contribution < -0.4 is 5.32 Å². The van der Waals surface area contributed by atoms with Gasteiger partial charge >= 0.3 is 12.1 Å². The predicted molar refractivity (Wildman–Crippen MR) is 102 cm³/mol. The minimum atomic E-state index is -0.911. The molecule has 0 bridgehead atoms. The number of esters is 1. The Kier molecular flexibility index (Phi) is 6.31. The molecule has 0 aliphatic carbocycles. The molecule has 0 fully saturated rings. The van der Waals surface area contributed by atoms with Crippen LogP contribution in [0, 0.1) is 0 Å². The van der Waals surface area contributed by atoms with Crippen LogP contribution in [0.1, 0.15) is 17.5 Å². The average molecular weight is 394 g/mol. The summed E-state index contributed by atoms with van der Waals surface area (Å²) in [5.41, 5.74) is 1.46. The van der Waals surface area contributed by atoms with Crippen LogP contribution >= 0.6 is 0 Å². The van der Waals surface area contributed by atoms with Crippen LogP contribution in [-0.2, 0) is 14.3 Å². The number of alkyl carbamates (subject to hydrolysis) is 1. The van der Waals surface area contributed by atoms with Gasteiger partial charge in [0.25, 0.3) is 11.7 Å². The molecule has 9 heteroatoms. The number of carbonyl (C=O) groups is 3. The number of nitrogens with one attached hydrogen (secondary N) is 1. The van der Waals surface area contributed by atoms with E-state index in [0.29, 0.717) is 11.5 Å². The lowest BCUT2D eigenvalue weighted by Crippen LogP contribution is -2.34. The molecule has 0 radical (unpaired) electrons. The fraction of sp³-hybridized carbons (Fsp3) is 0.150. The predicted octanol–water partition coefficient (Wildman–Crippen LogP) is 2.36. The molecule has 1 N–H and O–H groups in total. The van der Waals surface area contributed by atoms with Crippen LogP contribution in [0.4, 0.5) is 4.79 Å². The van der Waals surface area contributed by atoms with E-state index in [1.54, 1.807) is 6.92 Å². The molecule has 29 heavy (non-hydrogen) atoms. The van der Waals surface area contributed by atoms with Crippen molar-refractivity contribution in [2.24, 2.45) is 0 Å². The van der Waals surface area contributed by atoms with Crippen LogP contribution in [0.5, 0.6) is 0 Å². The second-order valence-corrected chi connectivity index (χ2v) is 5.72. The third kappa shape index (κ3) is 5.04. The molecule has 3 aromatic rings. The summed E-state index contributed by atoms with van der Waals surface area (Å²) in [6.45, 7) is 1.04. The van der Waals surface area contributed by atoms with Crippen molar-refractivity contribution < 1.29 is 23.9 Å². The summed E-state index contributed by atoms with van der Waals surface area (Å²) in [4.78, 5) is 39.5. The van der Waals surface area contributed by atoms with Gasteiger partial charge in [0.05, 0.1) is 12.3 Å². The third-order valence-corrected chi connectivity index (χ3v) is 3.67. The first-order valence-corrected chi connectivity index (χ1v) is 8.80. The molecule has 3 rings (SSSR count). The second-order valence-electron chi connectivity index (χ2n) is 5.72. The van der Waals surface area contributed by atoms with E-state index in [2.05, 4.69) is 14.8 Å². The Morgan fingerprint density at radius 3 is 2.28 bits per heavy atom. The lowest BCUT2D eigenvalue weighted by molar-refractivity contribution is -0.123. The fourth-order valence-electron chi connectivity index (χ4n) is 2.43. The van der Waals surface area contributed by atoms with E-state index in [9.17, 15) is 14.4 Å². The molecule has 0 spiro atoms. The van der Waals surface area contributed by atoms with E-state index >= 15 is 0 Å². The monoisotopic (exact) mass is 394 g/mol. The highest BCUT2D eigenvalue weighted by atomic mass is 16.6. The quantitative estimate of drug-likeness (QED) is 0.639. The highest BCUT2D eigenvalue weighted by Gasteiger charge is 2.21. The number of carbonyl (C=O) groups excluding carboxylic acids is 3. The first-order valence-electron chi connectivity index (χ1n) is 8.80. The number of benzene rings is 2. The molecule has 1 aromatic heterocycles. The molecular weight excluding hydrogens is 376 g/mol. The Morgan fingerprint density at radius 1 is 0.966 bits per heavy atom. The molecule has 9 nitrogen and oxygen atoms in total. The first kappa shape index (κ1) is 19.7. The third-order valence-electron chi connectivity index (χ3n) is 3.67. The van der Waals surface area contributed by atoms with Gasteiger partial charge < -0.3 is 9.47 Å². The van der Waals surface area contributed by atoms with Crippen LogP contribution in [0.25, 0.3) is 17.1 Å². The van der Waals surface area contributed by atoms with Gasteiger partial charge in [0, 0.05) is 5.56 Å². The SMILES string of the molecule is CCOC(=O)NC(=O)COC(=O)c1nc(-c2ccccc2)n(-c2ccccc2)n1. The van der Waals surface area contributed by atoms with Crippen LogP contribution in [0.3, 0.4) is 0 Å². The zero-order valence-electron chi connectivity index (χ0n) is 15.6. The Balaban J connectivity index is 1.79. The number of hydrogen-bond donors (Lipinski definition) is 1. The largest absolute Gasteiger partial charge is 0.450 e. The van der Waals surface area contributed by atoms with Crippen LogP contribution in [0.2, 0.25) is 0 Å². The van der Waals surface area contributed by atoms with E-state index < -0.39 is 24.6 Å². The van der Waals surface area contributed by atoms with Crippen molar-refractivity contribution in [1.29, 1.82) is 0 Å². The highest BCUT2D eigenvalue weighted by Crippen LogP contribution is 2.21. The number of amides is 2. The normalized spacial score (nSPS) is 10.2. The molecule has 0 unspecified atom stereocenters. The van der Waals surface area contributed by atoms with Gasteiger partial charge in [0.2, 0.25) is 0 Å². The number of para-hydroxylation sites is 1. The van der Waals surface area contributed by atoms with E-state index in [4.69, 9.17) is 4.74 Å². The summed E-state index contributed by atoms with van der Waals surface area (Å²) in [6.07, 6.45) is -0.911. The second kappa shape index (κ2) is 9.27. The van der Waals surface area contributed by atoms with Crippen molar-refractivity contribution in [3.05, 3.63) is 66.5 Å². The topological polar surface area (TPSA) is 112 Å². The van der Waals surface area contributed by atoms with E-state index in [-0.39, 0.29) is 12.4 Å². The van der Waals surface area contributed by atoms with Gasteiger partial charge in [-0.25, -0.2) is 19.3 Å². The number of hydrogen-bond acceptors (Lipinski definition) is 7. The van der Waals surface area contributed by atoms with E-state index in [1.807, 2.05) is 66.0 Å². The number of rotatable bonds is 6. The Labute approximate surface area is 166 Å². The number of nitrogens with zero attached hydrogens (tertiary/aromatic N) is 3. The molecule has 0 saturated carbocycles. The first-order chi connectivity index (χ1) is 14.1. The lowest BCUT2D eigenvalue weighted by Gasteiger charge is -2.05. The average Bonchev–Trinajstić information content (AvgIpc) is 3.19. The fourth-order valence-corrected chi connectivity index (χ4v) is 2.43. The standard InChI is InChI=1S/C20H18N4O5/c1-2-28-20(27)21-16(25)13-29-19(26)17-22-18(14-9-5-3-6-10-14)24(23-17)15-11-7-4-8-12-15/h3-12H,2,13H2,1H3,(H,21,25,27). The molecular formula is C20H18N4O5. The van der Waals surface area contributed by atoms with Crippen molar-refractivity contribution in [2.75, 3.05) is 13.2 Å². The number of aromatic nitrogens is 3. The van der Waals surface area contributed by atoms with Gasteiger partial charge in [-0.15, -0.1) is 5.10 Å². The summed E-state index contributed by atoms with van der Waals surface area (Å²) in [6, 6.07) is 18.4. The van der Waals surface area contributed by atoms with Gasteiger partial charge in [-0.1, -0.05) is 48.5 Å². The van der Waals surface area contributed by atoms with Crippen LogP contribution in [0.15, 0.2) is 60.7 Å². The zero-order chi connectivity index (χ0) is 20.6. The maximum Gasteiger partial charge on any atom is 0.413 e. The molecule has 0 aliphatic heterocycles. The molecule has 148 valence electrons. The van der Waals surface area contributed by atoms with Gasteiger partial charge in [0.1, 0.15) is 0 Å². The number of ether oxygens (including phenoxy) is 2. The van der Waals surface area contributed by atoms with Crippen molar-refractivity contribution >= 4 is 18.0 Å². The van der Waals surface area contributed by atoms with E-state index in [1.165, 1.54) is 4.68 Å². The van der Waals surface area contributed by atoms with Crippen molar-refractivity contribution in [3.63, 3.8) is 0 Å². The molecule has 1 heterocycles. The van der Waals surface area contributed by atoms with Crippen molar-refractivity contribution in [2.45, 2.75) is 6.92 Å². The maximum absolute atomic E-state index is 12.3.